The molecule has 0 spiro atoms. The number of para-hydroxylation sites is 1. The average molecular weight is 234 g/mol. The molecule has 1 aliphatic carbocycles. The lowest BCUT2D eigenvalue weighted by Crippen LogP contribution is -2.37. The lowest BCUT2D eigenvalue weighted by atomic mass is 10.1. The first kappa shape index (κ1) is 11.8. The maximum Gasteiger partial charge on any atom is 0.315 e. The standard InChI is InChI=1S/C13H18N2O2/c1-17-12-5-3-2-4-10(12)8-9-14-13(16)15-11-6-7-11/h2-5,11H,6-9H2,1H3,(H2,14,15,16). The minimum Gasteiger partial charge on any atom is -0.496 e. The topological polar surface area (TPSA) is 50.4 Å². The molecule has 0 aromatic heterocycles. The number of nitrogens with one attached hydrogen (secondary N) is 2. The van der Waals surface area contributed by atoms with Crippen molar-refractivity contribution in [1.82, 2.24) is 10.6 Å². The SMILES string of the molecule is COc1ccccc1CCNC(=O)NC1CC1. The van der Waals surface area contributed by atoms with Crippen LogP contribution in [0.4, 0.5) is 4.79 Å². The summed E-state index contributed by atoms with van der Waals surface area (Å²) >= 11 is 0. The molecule has 1 aromatic rings. The van der Waals surface area contributed by atoms with Crippen LogP contribution in [-0.2, 0) is 6.42 Å². The van der Waals surface area contributed by atoms with Gasteiger partial charge >= 0.3 is 6.03 Å². The summed E-state index contributed by atoms with van der Waals surface area (Å²) in [5.41, 5.74) is 1.11. The van der Waals surface area contributed by atoms with E-state index in [1.165, 1.54) is 0 Å². The molecule has 1 saturated carbocycles. The van der Waals surface area contributed by atoms with Crippen LogP contribution in [0.5, 0.6) is 5.75 Å². The summed E-state index contributed by atoms with van der Waals surface area (Å²) in [6.07, 6.45) is 3.00. The molecule has 0 aliphatic heterocycles. The van der Waals surface area contributed by atoms with E-state index in [-0.39, 0.29) is 6.03 Å². The Balaban J connectivity index is 1.74. The van der Waals surface area contributed by atoms with Crippen molar-refractivity contribution in [2.24, 2.45) is 0 Å². The van der Waals surface area contributed by atoms with Gasteiger partial charge < -0.3 is 15.4 Å². The van der Waals surface area contributed by atoms with Crippen molar-refractivity contribution in [3.63, 3.8) is 0 Å². The van der Waals surface area contributed by atoms with Gasteiger partial charge in [-0.05, 0) is 30.9 Å². The number of carbonyl (C=O) groups excluding carboxylic acids is 1. The summed E-state index contributed by atoms with van der Waals surface area (Å²) in [4.78, 5) is 11.4. The smallest absolute Gasteiger partial charge is 0.315 e. The fourth-order valence-corrected chi connectivity index (χ4v) is 1.68. The van der Waals surface area contributed by atoms with Crippen molar-refractivity contribution >= 4 is 6.03 Å². The third kappa shape index (κ3) is 3.66. The molecule has 0 unspecified atom stereocenters. The fraction of sp³-hybridized carbons (Fsp3) is 0.462. The molecule has 2 rings (SSSR count). The van der Waals surface area contributed by atoms with Crippen LogP contribution in [0.15, 0.2) is 24.3 Å². The molecule has 1 fully saturated rings. The van der Waals surface area contributed by atoms with Crippen molar-refractivity contribution in [1.29, 1.82) is 0 Å². The molecular weight excluding hydrogens is 216 g/mol. The third-order valence-electron chi connectivity index (χ3n) is 2.78. The Morgan fingerprint density at radius 1 is 1.41 bits per heavy atom. The van der Waals surface area contributed by atoms with E-state index in [0.717, 1.165) is 30.6 Å². The third-order valence-corrected chi connectivity index (χ3v) is 2.78. The van der Waals surface area contributed by atoms with Crippen molar-refractivity contribution in [2.45, 2.75) is 25.3 Å². The highest BCUT2D eigenvalue weighted by Gasteiger charge is 2.22. The van der Waals surface area contributed by atoms with E-state index in [9.17, 15) is 4.79 Å². The number of amides is 2. The molecule has 2 N–H and O–H groups in total. The molecule has 0 radical (unpaired) electrons. The second-order valence-electron chi connectivity index (χ2n) is 4.24. The van der Waals surface area contributed by atoms with Gasteiger partial charge in [-0.3, -0.25) is 0 Å². The number of hydrogen-bond donors (Lipinski definition) is 2. The van der Waals surface area contributed by atoms with Crippen LogP contribution < -0.4 is 15.4 Å². The van der Waals surface area contributed by atoms with Crippen molar-refractivity contribution in [3.05, 3.63) is 29.8 Å². The Kier molecular flexibility index (Phi) is 3.85. The van der Waals surface area contributed by atoms with Crippen molar-refractivity contribution < 1.29 is 9.53 Å². The molecule has 0 atom stereocenters. The summed E-state index contributed by atoms with van der Waals surface area (Å²) in [6, 6.07) is 8.19. The monoisotopic (exact) mass is 234 g/mol. The summed E-state index contributed by atoms with van der Waals surface area (Å²) < 4.78 is 5.25. The Bertz CT molecular complexity index is 389. The maximum atomic E-state index is 11.4. The highest BCUT2D eigenvalue weighted by Crippen LogP contribution is 2.18. The van der Waals surface area contributed by atoms with Gasteiger partial charge in [-0.2, -0.15) is 0 Å². The summed E-state index contributed by atoms with van der Waals surface area (Å²) in [5.74, 6) is 0.872. The van der Waals surface area contributed by atoms with E-state index in [4.69, 9.17) is 4.74 Å². The number of ether oxygens (including phenoxy) is 1. The Morgan fingerprint density at radius 2 is 2.18 bits per heavy atom. The predicted molar refractivity (Wildman–Crippen MR) is 66.3 cm³/mol. The quantitative estimate of drug-likeness (QED) is 0.814. The minimum absolute atomic E-state index is 0.0672. The Hall–Kier alpha value is -1.71. The Morgan fingerprint density at radius 3 is 2.88 bits per heavy atom. The molecule has 1 aliphatic rings. The molecular formula is C13H18N2O2. The van der Waals surface area contributed by atoms with Gasteiger partial charge in [-0.1, -0.05) is 18.2 Å². The predicted octanol–water partition coefficient (Wildman–Crippen LogP) is 1.70. The molecule has 1 aromatic carbocycles. The lowest BCUT2D eigenvalue weighted by molar-refractivity contribution is 0.240. The van der Waals surface area contributed by atoms with Crippen LogP contribution in [0.3, 0.4) is 0 Å². The van der Waals surface area contributed by atoms with Gasteiger partial charge in [0.05, 0.1) is 7.11 Å². The zero-order valence-electron chi connectivity index (χ0n) is 10.0. The lowest BCUT2D eigenvalue weighted by Gasteiger charge is -2.09. The van der Waals surface area contributed by atoms with Gasteiger partial charge in [0.2, 0.25) is 0 Å². The molecule has 92 valence electrons. The summed E-state index contributed by atoms with van der Waals surface area (Å²) in [5, 5.41) is 5.74. The van der Waals surface area contributed by atoms with Crippen LogP contribution in [-0.4, -0.2) is 25.7 Å². The van der Waals surface area contributed by atoms with Crippen LogP contribution in [0.25, 0.3) is 0 Å². The van der Waals surface area contributed by atoms with Crippen LogP contribution in [0.1, 0.15) is 18.4 Å². The molecule has 0 heterocycles. The first-order valence-electron chi connectivity index (χ1n) is 5.96. The van der Waals surface area contributed by atoms with E-state index in [1.807, 2.05) is 24.3 Å². The first-order valence-corrected chi connectivity index (χ1v) is 5.96. The second kappa shape index (κ2) is 5.57. The fourth-order valence-electron chi connectivity index (χ4n) is 1.68. The largest absolute Gasteiger partial charge is 0.496 e. The van der Waals surface area contributed by atoms with E-state index in [0.29, 0.717) is 12.6 Å². The number of methoxy groups -OCH3 is 1. The van der Waals surface area contributed by atoms with Crippen LogP contribution in [0.2, 0.25) is 0 Å². The van der Waals surface area contributed by atoms with Gasteiger partial charge in [0, 0.05) is 12.6 Å². The number of carbonyl (C=O) groups is 1. The normalized spacial score (nSPS) is 14.2. The Labute approximate surface area is 101 Å². The average Bonchev–Trinajstić information content (AvgIpc) is 3.13. The van der Waals surface area contributed by atoms with Gasteiger partial charge in [0.25, 0.3) is 0 Å². The minimum atomic E-state index is -0.0672. The van der Waals surface area contributed by atoms with Crippen LogP contribution >= 0.6 is 0 Å². The number of rotatable bonds is 5. The van der Waals surface area contributed by atoms with Gasteiger partial charge in [-0.15, -0.1) is 0 Å². The van der Waals surface area contributed by atoms with Crippen LogP contribution in [0, 0.1) is 0 Å². The van der Waals surface area contributed by atoms with Gasteiger partial charge in [0.15, 0.2) is 0 Å². The number of hydrogen-bond acceptors (Lipinski definition) is 2. The summed E-state index contributed by atoms with van der Waals surface area (Å²) in [6.45, 7) is 0.624. The molecule has 17 heavy (non-hydrogen) atoms. The van der Waals surface area contributed by atoms with E-state index >= 15 is 0 Å². The van der Waals surface area contributed by atoms with Gasteiger partial charge in [0.1, 0.15) is 5.75 Å². The zero-order valence-corrected chi connectivity index (χ0v) is 10.0. The molecule has 0 bridgehead atoms. The second-order valence-corrected chi connectivity index (χ2v) is 4.24. The summed E-state index contributed by atoms with van der Waals surface area (Å²) in [7, 11) is 1.66. The highest BCUT2D eigenvalue weighted by atomic mass is 16.5. The molecule has 2 amide bonds. The van der Waals surface area contributed by atoms with E-state index in [1.54, 1.807) is 7.11 Å². The highest BCUT2D eigenvalue weighted by molar-refractivity contribution is 5.74. The molecule has 4 nitrogen and oxygen atoms in total. The zero-order chi connectivity index (χ0) is 12.1. The van der Waals surface area contributed by atoms with E-state index < -0.39 is 0 Å². The molecule has 0 saturated heterocycles. The van der Waals surface area contributed by atoms with Crippen molar-refractivity contribution in [3.8, 4) is 5.75 Å². The number of urea groups is 1. The number of benzene rings is 1. The van der Waals surface area contributed by atoms with Gasteiger partial charge in [-0.25, -0.2) is 4.79 Å². The van der Waals surface area contributed by atoms with Crippen molar-refractivity contribution in [2.75, 3.05) is 13.7 Å². The first-order chi connectivity index (χ1) is 8.29. The maximum absolute atomic E-state index is 11.4. The molecule has 4 heteroatoms. The van der Waals surface area contributed by atoms with E-state index in [2.05, 4.69) is 10.6 Å².